The van der Waals surface area contributed by atoms with Crippen molar-refractivity contribution in [3.8, 4) is 0 Å². The number of nitrogens with zero attached hydrogens (tertiary/aromatic N) is 4. The Kier molecular flexibility index (Phi) is 8.90. The van der Waals surface area contributed by atoms with Crippen LogP contribution in [-0.4, -0.2) is 47.8 Å². The van der Waals surface area contributed by atoms with Crippen molar-refractivity contribution in [2.75, 3.05) is 11.3 Å². The lowest BCUT2D eigenvalue weighted by Gasteiger charge is -2.20. The Hall–Kier alpha value is -4.06. The maximum absolute atomic E-state index is 13.7. The van der Waals surface area contributed by atoms with Gasteiger partial charge in [-0.1, -0.05) is 51.1 Å². The van der Waals surface area contributed by atoms with Gasteiger partial charge in [0.2, 0.25) is 15.9 Å². The number of aliphatic imine (C=N–C) groups is 1. The van der Waals surface area contributed by atoms with Gasteiger partial charge in [0.25, 0.3) is 11.5 Å². The van der Waals surface area contributed by atoms with E-state index < -0.39 is 21.5 Å². The maximum atomic E-state index is 13.7. The van der Waals surface area contributed by atoms with Gasteiger partial charge in [-0.05, 0) is 43.7 Å². The number of aryl methyl sites for hydroxylation is 2. The number of carbonyl (C=O) groups excluding carboxylic acids is 2. The number of amides is 2. The second kappa shape index (κ2) is 11.8. The zero-order chi connectivity index (χ0) is 29.0. The third-order valence-electron chi connectivity index (χ3n) is 5.76. The molecule has 2 amide bonds. The van der Waals surface area contributed by atoms with Crippen LogP contribution < -0.4 is 15.6 Å². The molecular formula is C27H34N6O5S. The van der Waals surface area contributed by atoms with Crippen LogP contribution in [0.2, 0.25) is 0 Å². The molecule has 0 radical (unpaired) electrons. The standard InChI is InChI=1S/C27H34N6O5S/c1-18-12-13-21(31-39(37,38)16-20-10-8-7-9-11-20)26(36)32(18)33-22(14-24(34)28-6)19(2)30-23(33)15-25(35)29-17-27(3,4)5/h7-13,31H,6,14-17H2,1-5H3,(H,29,35). The molecule has 11 nitrogen and oxygen atoms in total. The summed E-state index contributed by atoms with van der Waals surface area (Å²) in [6.07, 6.45) is -0.399. The Morgan fingerprint density at radius 3 is 2.31 bits per heavy atom. The number of aromatic nitrogens is 3. The number of anilines is 1. The normalized spacial score (nSPS) is 11.7. The van der Waals surface area contributed by atoms with Crippen LogP contribution in [0.25, 0.3) is 0 Å². The highest BCUT2D eigenvalue weighted by Gasteiger charge is 2.24. The van der Waals surface area contributed by atoms with Crippen LogP contribution in [0.4, 0.5) is 5.69 Å². The van der Waals surface area contributed by atoms with Crippen molar-refractivity contribution in [2.24, 2.45) is 10.4 Å². The molecule has 3 rings (SSSR count). The van der Waals surface area contributed by atoms with Gasteiger partial charge < -0.3 is 5.32 Å². The first-order valence-electron chi connectivity index (χ1n) is 12.3. The molecular weight excluding hydrogens is 520 g/mol. The predicted molar refractivity (Wildman–Crippen MR) is 150 cm³/mol. The lowest BCUT2D eigenvalue weighted by atomic mass is 9.97. The molecule has 0 bridgehead atoms. The first-order chi connectivity index (χ1) is 18.2. The molecule has 1 aromatic carbocycles. The van der Waals surface area contributed by atoms with E-state index in [1.807, 2.05) is 20.8 Å². The van der Waals surface area contributed by atoms with Gasteiger partial charge in [-0.3, -0.25) is 19.1 Å². The van der Waals surface area contributed by atoms with Crippen molar-refractivity contribution in [3.63, 3.8) is 0 Å². The molecule has 0 aliphatic rings. The maximum Gasteiger partial charge on any atom is 0.294 e. The molecule has 0 unspecified atom stereocenters. The van der Waals surface area contributed by atoms with E-state index >= 15 is 0 Å². The summed E-state index contributed by atoms with van der Waals surface area (Å²) < 4.78 is 30.7. The van der Waals surface area contributed by atoms with E-state index in [4.69, 9.17) is 0 Å². The molecule has 12 heteroatoms. The molecule has 0 spiro atoms. The Morgan fingerprint density at radius 2 is 1.69 bits per heavy atom. The summed E-state index contributed by atoms with van der Waals surface area (Å²) in [7, 11) is -3.93. The SMILES string of the molecule is C=NC(=O)Cc1c(C)nc(CC(=O)NCC(C)(C)C)n1-n1c(C)ccc(NS(=O)(=O)Cc2ccccc2)c1=O. The van der Waals surface area contributed by atoms with E-state index in [1.165, 1.54) is 15.4 Å². The Balaban J connectivity index is 2.09. The van der Waals surface area contributed by atoms with Crippen LogP contribution in [0.15, 0.2) is 52.3 Å². The van der Waals surface area contributed by atoms with E-state index in [2.05, 4.69) is 26.7 Å². The largest absolute Gasteiger partial charge is 0.355 e. The van der Waals surface area contributed by atoms with E-state index in [-0.39, 0.29) is 41.4 Å². The van der Waals surface area contributed by atoms with E-state index in [9.17, 15) is 22.8 Å². The van der Waals surface area contributed by atoms with Crippen molar-refractivity contribution in [1.29, 1.82) is 0 Å². The third-order valence-corrected chi connectivity index (χ3v) is 7.00. The lowest BCUT2D eigenvalue weighted by Crippen LogP contribution is -2.36. The number of nitrogens with one attached hydrogen (secondary N) is 2. The molecule has 2 heterocycles. The Morgan fingerprint density at radius 1 is 1.03 bits per heavy atom. The second-order valence-electron chi connectivity index (χ2n) is 10.5. The van der Waals surface area contributed by atoms with E-state index in [0.29, 0.717) is 29.2 Å². The zero-order valence-corrected chi connectivity index (χ0v) is 23.6. The molecule has 0 aliphatic heterocycles. The summed E-state index contributed by atoms with van der Waals surface area (Å²) in [6.45, 7) is 13.0. The number of sulfonamides is 1. The highest BCUT2D eigenvalue weighted by molar-refractivity contribution is 7.91. The van der Waals surface area contributed by atoms with Crippen LogP contribution in [0, 0.1) is 19.3 Å². The molecule has 0 fully saturated rings. The van der Waals surface area contributed by atoms with Gasteiger partial charge in [0.15, 0.2) is 0 Å². The van der Waals surface area contributed by atoms with Gasteiger partial charge in [0.05, 0.1) is 30.0 Å². The van der Waals surface area contributed by atoms with Crippen molar-refractivity contribution in [2.45, 2.75) is 53.2 Å². The number of imidazole rings is 1. The number of carbonyl (C=O) groups is 2. The number of hydrogen-bond donors (Lipinski definition) is 2. The number of rotatable bonds is 10. The predicted octanol–water partition coefficient (Wildman–Crippen LogP) is 2.39. The van der Waals surface area contributed by atoms with Crippen LogP contribution in [0.3, 0.4) is 0 Å². The fourth-order valence-electron chi connectivity index (χ4n) is 3.88. The Bertz CT molecular complexity index is 1550. The third kappa shape index (κ3) is 7.73. The van der Waals surface area contributed by atoms with Gasteiger partial charge in [-0.15, -0.1) is 0 Å². The van der Waals surface area contributed by atoms with E-state index in [1.54, 1.807) is 50.2 Å². The van der Waals surface area contributed by atoms with Gasteiger partial charge in [0.1, 0.15) is 11.5 Å². The quantitative estimate of drug-likeness (QED) is 0.368. The first-order valence-corrected chi connectivity index (χ1v) is 14.0. The molecule has 3 aromatic rings. The van der Waals surface area contributed by atoms with Crippen molar-refractivity contribution in [3.05, 3.63) is 81.3 Å². The smallest absolute Gasteiger partial charge is 0.294 e. The van der Waals surface area contributed by atoms with Gasteiger partial charge in [0, 0.05) is 12.2 Å². The minimum absolute atomic E-state index is 0.146. The molecule has 2 N–H and O–H groups in total. The van der Waals surface area contributed by atoms with Gasteiger partial charge in [-0.25, -0.2) is 27.7 Å². The number of hydrogen-bond acceptors (Lipinski definition) is 6. The second-order valence-corrected chi connectivity index (χ2v) is 12.2. The average Bonchev–Trinajstić information content (AvgIpc) is 3.13. The Labute approximate surface area is 228 Å². The van der Waals surface area contributed by atoms with Crippen molar-refractivity contribution < 1.29 is 18.0 Å². The topological polar surface area (TPSA) is 145 Å². The van der Waals surface area contributed by atoms with Crippen molar-refractivity contribution >= 4 is 34.2 Å². The minimum atomic E-state index is -3.93. The fraction of sp³-hybridized carbons (Fsp3) is 0.370. The lowest BCUT2D eigenvalue weighted by molar-refractivity contribution is -0.121. The molecule has 2 aromatic heterocycles. The van der Waals surface area contributed by atoms with Crippen LogP contribution in [0.5, 0.6) is 0 Å². The van der Waals surface area contributed by atoms with Crippen LogP contribution >= 0.6 is 0 Å². The summed E-state index contributed by atoms with van der Waals surface area (Å²) in [6, 6.07) is 11.5. The molecule has 0 atom stereocenters. The van der Waals surface area contributed by atoms with Gasteiger partial charge in [-0.2, -0.15) is 0 Å². The minimum Gasteiger partial charge on any atom is -0.355 e. The monoisotopic (exact) mass is 554 g/mol. The summed E-state index contributed by atoms with van der Waals surface area (Å²) in [5, 5.41) is 2.86. The zero-order valence-electron chi connectivity index (χ0n) is 22.8. The van der Waals surface area contributed by atoms with Crippen molar-refractivity contribution in [1.82, 2.24) is 19.7 Å². The van der Waals surface area contributed by atoms with Gasteiger partial charge >= 0.3 is 0 Å². The number of benzene rings is 1. The first kappa shape index (κ1) is 29.5. The highest BCUT2D eigenvalue weighted by Crippen LogP contribution is 2.18. The number of pyridine rings is 1. The molecule has 0 aliphatic carbocycles. The average molecular weight is 555 g/mol. The summed E-state index contributed by atoms with van der Waals surface area (Å²) in [4.78, 5) is 46.7. The summed E-state index contributed by atoms with van der Waals surface area (Å²) in [5.41, 5.74) is 0.717. The summed E-state index contributed by atoms with van der Waals surface area (Å²) >= 11 is 0. The summed E-state index contributed by atoms with van der Waals surface area (Å²) in [5.74, 6) is -0.982. The highest BCUT2D eigenvalue weighted by atomic mass is 32.2. The molecule has 208 valence electrons. The molecule has 0 saturated heterocycles. The van der Waals surface area contributed by atoms with Crippen LogP contribution in [-0.2, 0) is 38.2 Å². The van der Waals surface area contributed by atoms with E-state index in [0.717, 1.165) is 0 Å². The molecule has 39 heavy (non-hydrogen) atoms. The van der Waals surface area contributed by atoms with Crippen LogP contribution in [0.1, 0.15) is 49.2 Å². The molecule has 0 saturated carbocycles. The fourth-order valence-corrected chi connectivity index (χ4v) is 5.07.